The van der Waals surface area contributed by atoms with Gasteiger partial charge in [-0.1, -0.05) is 0 Å². The van der Waals surface area contributed by atoms with Crippen molar-refractivity contribution in [3.05, 3.63) is 11.1 Å². The van der Waals surface area contributed by atoms with E-state index in [1.165, 1.54) is 0 Å². The molecule has 0 spiro atoms. The minimum absolute atomic E-state index is 0.0946. The van der Waals surface area contributed by atoms with Crippen LogP contribution in [0.15, 0.2) is 0 Å². The minimum Gasteiger partial charge on any atom is -0.374 e. The quantitative estimate of drug-likeness (QED) is 0.754. The number of nitrogens with two attached hydrogens (primary N) is 1. The maximum absolute atomic E-state index is 5.53. The Kier molecular flexibility index (Phi) is 3.19. The van der Waals surface area contributed by atoms with E-state index in [9.17, 15) is 0 Å². The molecule has 12 heavy (non-hydrogen) atoms. The van der Waals surface area contributed by atoms with E-state index in [0.717, 1.165) is 0 Å². The summed E-state index contributed by atoms with van der Waals surface area (Å²) in [6.45, 7) is 2.79. The fourth-order valence-corrected chi connectivity index (χ4v) is 0.850. The Labute approximate surface area is 74.9 Å². The molecule has 0 unspecified atom stereocenters. The summed E-state index contributed by atoms with van der Waals surface area (Å²) in [4.78, 5) is 11.2. The molecule has 0 aromatic carbocycles. The van der Waals surface area contributed by atoms with Gasteiger partial charge in [-0.05, 0) is 18.5 Å². The van der Waals surface area contributed by atoms with Crippen molar-refractivity contribution in [2.24, 2.45) is 0 Å². The summed E-state index contributed by atoms with van der Waals surface area (Å²) in [5, 5.41) is 0.0946. The van der Waals surface area contributed by atoms with Crippen molar-refractivity contribution < 1.29 is 4.74 Å². The van der Waals surface area contributed by atoms with E-state index in [4.69, 9.17) is 22.1 Å². The van der Waals surface area contributed by atoms with Crippen molar-refractivity contribution in [3.63, 3.8) is 0 Å². The summed E-state index contributed by atoms with van der Waals surface area (Å²) >= 11 is 5.53. The molecule has 1 heterocycles. The molecule has 6 heteroatoms. The van der Waals surface area contributed by atoms with Crippen LogP contribution in [0.25, 0.3) is 0 Å². The standard InChI is InChI=1S/C6H9ClN4O/c1-2-12-3-4-9-5(7)11-6(8)10-4/h2-3H2,1H3,(H2,8,9,10,11). The van der Waals surface area contributed by atoms with Crippen molar-refractivity contribution in [1.29, 1.82) is 0 Å². The Balaban J connectivity index is 2.72. The SMILES string of the molecule is CCOCc1nc(N)nc(Cl)n1. The van der Waals surface area contributed by atoms with E-state index in [-0.39, 0.29) is 11.2 Å². The lowest BCUT2D eigenvalue weighted by Crippen LogP contribution is -2.04. The second-order valence-electron chi connectivity index (χ2n) is 2.02. The number of nitrogens with zero attached hydrogens (tertiary/aromatic N) is 3. The molecule has 5 nitrogen and oxygen atoms in total. The molecule has 0 bridgehead atoms. The number of aromatic nitrogens is 3. The van der Waals surface area contributed by atoms with Crippen molar-refractivity contribution in [2.45, 2.75) is 13.5 Å². The topological polar surface area (TPSA) is 73.9 Å². The Bertz CT molecular complexity index is 247. The van der Waals surface area contributed by atoms with E-state index in [1.807, 2.05) is 6.92 Å². The van der Waals surface area contributed by atoms with Gasteiger partial charge in [0.05, 0.1) is 0 Å². The molecule has 0 saturated carbocycles. The molecule has 66 valence electrons. The lowest BCUT2D eigenvalue weighted by molar-refractivity contribution is 0.128. The molecule has 1 aromatic rings. The predicted octanol–water partition coefficient (Wildman–Crippen LogP) is 0.644. The van der Waals surface area contributed by atoms with Crippen LogP contribution in [0.5, 0.6) is 0 Å². The molecule has 1 rings (SSSR count). The number of nitrogen functional groups attached to an aromatic ring is 1. The first-order chi connectivity index (χ1) is 5.72. The second-order valence-corrected chi connectivity index (χ2v) is 2.35. The molecule has 0 aliphatic carbocycles. The van der Waals surface area contributed by atoms with Gasteiger partial charge in [0, 0.05) is 6.61 Å². The summed E-state index contributed by atoms with van der Waals surface area (Å²) < 4.78 is 5.06. The van der Waals surface area contributed by atoms with Gasteiger partial charge in [0.1, 0.15) is 6.61 Å². The van der Waals surface area contributed by atoms with Crippen molar-refractivity contribution in [2.75, 3.05) is 12.3 Å². The molecular formula is C6H9ClN4O. The fourth-order valence-electron chi connectivity index (χ4n) is 0.666. The molecule has 1 aromatic heterocycles. The second kappa shape index (κ2) is 4.18. The van der Waals surface area contributed by atoms with Crippen LogP contribution in [-0.4, -0.2) is 21.6 Å². The van der Waals surface area contributed by atoms with Gasteiger partial charge in [-0.25, -0.2) is 4.98 Å². The van der Waals surface area contributed by atoms with Crippen LogP contribution >= 0.6 is 11.6 Å². The van der Waals surface area contributed by atoms with E-state index < -0.39 is 0 Å². The maximum Gasteiger partial charge on any atom is 0.227 e. The van der Waals surface area contributed by atoms with E-state index in [0.29, 0.717) is 19.0 Å². The van der Waals surface area contributed by atoms with Crippen LogP contribution in [0.1, 0.15) is 12.7 Å². The van der Waals surface area contributed by atoms with Gasteiger partial charge in [-0.15, -0.1) is 0 Å². The summed E-state index contributed by atoms with van der Waals surface area (Å²) in [7, 11) is 0. The minimum atomic E-state index is 0.0946. The van der Waals surface area contributed by atoms with Crippen LogP contribution in [0.4, 0.5) is 5.95 Å². The molecule has 0 fully saturated rings. The zero-order valence-corrected chi connectivity index (χ0v) is 7.38. The molecule has 2 N–H and O–H groups in total. The Morgan fingerprint density at radius 3 is 2.75 bits per heavy atom. The summed E-state index contributed by atoms with van der Waals surface area (Å²) in [6, 6.07) is 0. The van der Waals surface area contributed by atoms with Gasteiger partial charge in [0.15, 0.2) is 5.82 Å². The molecule has 0 aliphatic heterocycles. The smallest absolute Gasteiger partial charge is 0.227 e. The number of hydrogen-bond donors (Lipinski definition) is 1. The van der Waals surface area contributed by atoms with Gasteiger partial charge in [0.25, 0.3) is 0 Å². The number of hydrogen-bond acceptors (Lipinski definition) is 5. The monoisotopic (exact) mass is 188 g/mol. The third-order valence-electron chi connectivity index (χ3n) is 1.11. The average Bonchev–Trinajstić information content (AvgIpc) is 1.99. The molecule has 0 amide bonds. The van der Waals surface area contributed by atoms with Crippen LogP contribution in [0, 0.1) is 0 Å². The zero-order chi connectivity index (χ0) is 8.97. The predicted molar refractivity (Wildman–Crippen MR) is 44.6 cm³/mol. The van der Waals surface area contributed by atoms with Crippen molar-refractivity contribution >= 4 is 17.5 Å². The number of halogens is 1. The highest BCUT2D eigenvalue weighted by atomic mass is 35.5. The highest BCUT2D eigenvalue weighted by Crippen LogP contribution is 2.03. The van der Waals surface area contributed by atoms with Gasteiger partial charge >= 0.3 is 0 Å². The van der Waals surface area contributed by atoms with Crippen LogP contribution in [0.2, 0.25) is 5.28 Å². The Morgan fingerprint density at radius 2 is 2.17 bits per heavy atom. The Morgan fingerprint density at radius 1 is 1.42 bits per heavy atom. The van der Waals surface area contributed by atoms with Crippen LogP contribution in [-0.2, 0) is 11.3 Å². The summed E-state index contributed by atoms with van der Waals surface area (Å²) in [5.74, 6) is 0.569. The van der Waals surface area contributed by atoms with Crippen LogP contribution < -0.4 is 5.73 Å². The van der Waals surface area contributed by atoms with Gasteiger partial charge in [-0.2, -0.15) is 9.97 Å². The van der Waals surface area contributed by atoms with Crippen LogP contribution in [0.3, 0.4) is 0 Å². The molecule has 0 aliphatic rings. The molecular weight excluding hydrogens is 180 g/mol. The number of anilines is 1. The third kappa shape index (κ3) is 2.60. The molecule has 0 atom stereocenters. The van der Waals surface area contributed by atoms with E-state index in [1.54, 1.807) is 0 Å². The van der Waals surface area contributed by atoms with Crippen molar-refractivity contribution in [1.82, 2.24) is 15.0 Å². The first kappa shape index (κ1) is 9.15. The normalized spacial score (nSPS) is 10.2. The fraction of sp³-hybridized carbons (Fsp3) is 0.500. The zero-order valence-electron chi connectivity index (χ0n) is 6.62. The molecule has 0 radical (unpaired) electrons. The Hall–Kier alpha value is -0.940. The maximum atomic E-state index is 5.53. The number of rotatable bonds is 3. The number of ether oxygens (including phenoxy) is 1. The first-order valence-corrected chi connectivity index (χ1v) is 3.84. The van der Waals surface area contributed by atoms with Gasteiger partial charge < -0.3 is 10.5 Å². The third-order valence-corrected chi connectivity index (χ3v) is 1.28. The van der Waals surface area contributed by atoms with Crippen molar-refractivity contribution in [3.8, 4) is 0 Å². The average molecular weight is 189 g/mol. The highest BCUT2D eigenvalue weighted by Gasteiger charge is 2.01. The first-order valence-electron chi connectivity index (χ1n) is 3.46. The van der Waals surface area contributed by atoms with E-state index in [2.05, 4.69) is 15.0 Å². The lowest BCUT2D eigenvalue weighted by atomic mass is 10.6. The molecule has 0 saturated heterocycles. The highest BCUT2D eigenvalue weighted by molar-refractivity contribution is 6.28. The largest absolute Gasteiger partial charge is 0.374 e. The van der Waals surface area contributed by atoms with Gasteiger partial charge in [0.2, 0.25) is 11.2 Å². The van der Waals surface area contributed by atoms with Gasteiger partial charge in [-0.3, -0.25) is 0 Å². The summed E-state index contributed by atoms with van der Waals surface area (Å²) in [6.07, 6.45) is 0. The lowest BCUT2D eigenvalue weighted by Gasteiger charge is -2.00. The summed E-state index contributed by atoms with van der Waals surface area (Å²) in [5.41, 5.74) is 5.33. The van der Waals surface area contributed by atoms with E-state index >= 15 is 0 Å².